The largest absolute Gasteiger partial charge is 0.394 e. The molecule has 2 aromatic rings. The van der Waals surface area contributed by atoms with Crippen molar-refractivity contribution in [2.24, 2.45) is 0 Å². The molecule has 0 bridgehead atoms. The molecule has 1 aliphatic heterocycles. The molecule has 1 heterocycles. The van der Waals surface area contributed by atoms with Gasteiger partial charge in [-0.05, 0) is 55.7 Å². The zero-order chi connectivity index (χ0) is 24.0. The van der Waals surface area contributed by atoms with Crippen LogP contribution in [0.2, 0.25) is 10.0 Å². The zero-order valence-electron chi connectivity index (χ0n) is 17.4. The second-order valence-corrected chi connectivity index (χ2v) is 10.2. The number of sulfonamides is 1. The minimum absolute atomic E-state index is 0.0791. The summed E-state index contributed by atoms with van der Waals surface area (Å²) in [5.41, 5.74) is 0.422. The number of ether oxygens (including phenoxy) is 1. The molecule has 1 saturated heterocycles. The Labute approximate surface area is 201 Å². The fraction of sp³-hybridized carbons (Fsp3) is 0.381. The lowest BCUT2D eigenvalue weighted by Crippen LogP contribution is -2.52. The van der Waals surface area contributed by atoms with Gasteiger partial charge in [0.2, 0.25) is 10.0 Å². The summed E-state index contributed by atoms with van der Waals surface area (Å²) in [7, 11) is -3.84. The number of anilines is 1. The smallest absolute Gasteiger partial charge is 0.319 e. The van der Waals surface area contributed by atoms with Gasteiger partial charge in [0.25, 0.3) is 0 Å². The number of hydrogen-bond acceptors (Lipinski definition) is 5. The lowest BCUT2D eigenvalue weighted by atomic mass is 9.97. The standard InChI is InChI=1S/C21H24Cl2FN3O5S/c22-13-8-14(23)10-16(9-13)26-21(29)27-19-5-4-17(32-20(19)12-28)6-7-25-33(30,31)18-3-1-2-15(24)11-18/h1-3,8-11,17,19-20,25,28H,4-7,12H2,(H2,26,27,29)/t17-,19+,20-/m1/s1. The molecule has 8 nitrogen and oxygen atoms in total. The average molecular weight is 520 g/mol. The summed E-state index contributed by atoms with van der Waals surface area (Å²) >= 11 is 11.9. The quantitative estimate of drug-likeness (QED) is 0.425. The Balaban J connectivity index is 1.48. The van der Waals surface area contributed by atoms with Crippen molar-refractivity contribution in [1.82, 2.24) is 10.0 Å². The molecule has 180 valence electrons. The van der Waals surface area contributed by atoms with Gasteiger partial charge in [-0.3, -0.25) is 0 Å². The van der Waals surface area contributed by atoms with Gasteiger partial charge in [0, 0.05) is 22.3 Å². The SMILES string of the molecule is O=C(Nc1cc(Cl)cc(Cl)c1)N[C@H]1CC[C@H](CCNS(=O)(=O)c2cccc(F)c2)O[C@@H]1CO. The summed E-state index contributed by atoms with van der Waals surface area (Å²) in [5.74, 6) is -0.639. The van der Waals surface area contributed by atoms with Crippen LogP contribution in [0.15, 0.2) is 47.4 Å². The summed E-state index contributed by atoms with van der Waals surface area (Å²) in [6, 6.07) is 8.45. The molecule has 3 atom stereocenters. The number of aliphatic hydroxyl groups is 1. The molecule has 3 rings (SSSR count). The molecule has 0 saturated carbocycles. The van der Waals surface area contributed by atoms with E-state index in [1.165, 1.54) is 18.2 Å². The number of aliphatic hydroxyl groups excluding tert-OH is 1. The third-order valence-corrected chi connectivity index (χ3v) is 6.99. The minimum atomic E-state index is -3.84. The minimum Gasteiger partial charge on any atom is -0.394 e. The third-order valence-electron chi connectivity index (χ3n) is 5.10. The van der Waals surface area contributed by atoms with Crippen molar-refractivity contribution in [3.8, 4) is 0 Å². The van der Waals surface area contributed by atoms with Gasteiger partial charge in [0.1, 0.15) is 11.9 Å². The van der Waals surface area contributed by atoms with Crippen LogP contribution in [0.1, 0.15) is 19.3 Å². The molecular formula is C21H24Cl2FN3O5S. The van der Waals surface area contributed by atoms with Crippen molar-refractivity contribution in [3.63, 3.8) is 0 Å². The summed E-state index contributed by atoms with van der Waals surface area (Å²) in [5, 5.41) is 15.9. The Bertz CT molecular complexity index is 1070. The van der Waals surface area contributed by atoms with Gasteiger partial charge in [0.15, 0.2) is 0 Å². The summed E-state index contributed by atoms with van der Waals surface area (Å²) < 4.78 is 46.1. The third kappa shape index (κ3) is 7.53. The van der Waals surface area contributed by atoms with Crippen LogP contribution in [0.25, 0.3) is 0 Å². The predicted octanol–water partition coefficient (Wildman–Crippen LogP) is 3.53. The molecule has 0 aromatic heterocycles. The number of halogens is 3. The molecule has 33 heavy (non-hydrogen) atoms. The van der Waals surface area contributed by atoms with Crippen LogP contribution in [0.4, 0.5) is 14.9 Å². The maximum Gasteiger partial charge on any atom is 0.319 e. The second kappa shape index (κ2) is 11.5. The molecule has 0 aliphatic carbocycles. The first-order valence-corrected chi connectivity index (χ1v) is 12.5. The van der Waals surface area contributed by atoms with E-state index < -0.39 is 34.0 Å². The number of benzene rings is 2. The topological polar surface area (TPSA) is 117 Å². The predicted molar refractivity (Wildman–Crippen MR) is 124 cm³/mol. The van der Waals surface area contributed by atoms with E-state index in [4.69, 9.17) is 27.9 Å². The molecule has 0 unspecified atom stereocenters. The summed E-state index contributed by atoms with van der Waals surface area (Å²) in [4.78, 5) is 12.2. The van der Waals surface area contributed by atoms with Gasteiger partial charge in [-0.15, -0.1) is 0 Å². The lowest BCUT2D eigenvalue weighted by molar-refractivity contribution is -0.0884. The molecule has 2 amide bonds. The van der Waals surface area contributed by atoms with Crippen LogP contribution in [-0.4, -0.2) is 51.0 Å². The van der Waals surface area contributed by atoms with Gasteiger partial charge >= 0.3 is 6.03 Å². The number of urea groups is 1. The fourth-order valence-corrected chi connectivity index (χ4v) is 5.15. The van der Waals surface area contributed by atoms with Crippen LogP contribution in [0.5, 0.6) is 0 Å². The molecule has 4 N–H and O–H groups in total. The monoisotopic (exact) mass is 519 g/mol. The first kappa shape index (κ1) is 25.7. The molecule has 1 fully saturated rings. The number of nitrogens with one attached hydrogen (secondary N) is 3. The first-order chi connectivity index (χ1) is 15.7. The lowest BCUT2D eigenvalue weighted by Gasteiger charge is -2.36. The van der Waals surface area contributed by atoms with E-state index in [1.807, 2.05) is 0 Å². The van der Waals surface area contributed by atoms with Crippen molar-refractivity contribution >= 4 is 44.9 Å². The van der Waals surface area contributed by atoms with Crippen LogP contribution < -0.4 is 15.4 Å². The van der Waals surface area contributed by atoms with Crippen molar-refractivity contribution in [3.05, 3.63) is 58.3 Å². The van der Waals surface area contributed by atoms with Gasteiger partial charge in [-0.1, -0.05) is 29.3 Å². The number of carbonyl (C=O) groups is 1. The van der Waals surface area contributed by atoms with E-state index in [2.05, 4.69) is 15.4 Å². The van der Waals surface area contributed by atoms with Crippen molar-refractivity contribution in [1.29, 1.82) is 0 Å². The second-order valence-electron chi connectivity index (χ2n) is 7.56. The van der Waals surface area contributed by atoms with Crippen LogP contribution in [0, 0.1) is 5.82 Å². The maximum absolute atomic E-state index is 13.3. The van der Waals surface area contributed by atoms with Crippen LogP contribution in [0.3, 0.4) is 0 Å². The first-order valence-electron chi connectivity index (χ1n) is 10.2. The Kier molecular flexibility index (Phi) is 8.91. The number of hydrogen-bond donors (Lipinski definition) is 4. The highest BCUT2D eigenvalue weighted by atomic mass is 35.5. The molecule has 0 spiro atoms. The van der Waals surface area contributed by atoms with Crippen LogP contribution >= 0.6 is 23.2 Å². The highest BCUT2D eigenvalue weighted by molar-refractivity contribution is 7.89. The van der Waals surface area contributed by atoms with Crippen molar-refractivity contribution in [2.75, 3.05) is 18.5 Å². The molecular weight excluding hydrogens is 496 g/mol. The average Bonchev–Trinajstić information content (AvgIpc) is 2.73. The number of amides is 2. The Morgan fingerprint density at radius 2 is 1.88 bits per heavy atom. The fourth-order valence-electron chi connectivity index (χ4n) is 3.54. The normalized spacial score (nSPS) is 20.9. The van der Waals surface area contributed by atoms with E-state index in [9.17, 15) is 22.7 Å². The summed E-state index contributed by atoms with van der Waals surface area (Å²) in [6.45, 7) is -0.241. The Hall–Kier alpha value is -1.95. The van der Waals surface area contributed by atoms with E-state index in [-0.39, 0.29) is 24.2 Å². The maximum atomic E-state index is 13.3. The Morgan fingerprint density at radius 3 is 2.55 bits per heavy atom. The van der Waals surface area contributed by atoms with E-state index in [0.717, 1.165) is 6.07 Å². The van der Waals surface area contributed by atoms with E-state index in [0.29, 0.717) is 35.0 Å². The molecule has 0 radical (unpaired) electrons. The summed E-state index contributed by atoms with van der Waals surface area (Å²) in [6.07, 6.45) is 0.454. The van der Waals surface area contributed by atoms with Crippen LogP contribution in [-0.2, 0) is 14.8 Å². The van der Waals surface area contributed by atoms with Gasteiger partial charge in [0.05, 0.1) is 23.6 Å². The zero-order valence-corrected chi connectivity index (χ0v) is 19.8. The highest BCUT2D eigenvalue weighted by Gasteiger charge is 2.32. The van der Waals surface area contributed by atoms with E-state index in [1.54, 1.807) is 18.2 Å². The number of carbonyl (C=O) groups excluding carboxylic acids is 1. The van der Waals surface area contributed by atoms with E-state index >= 15 is 0 Å². The van der Waals surface area contributed by atoms with Crippen molar-refractivity contribution < 1.29 is 27.4 Å². The Morgan fingerprint density at radius 1 is 1.15 bits per heavy atom. The van der Waals surface area contributed by atoms with Gasteiger partial charge in [-0.25, -0.2) is 22.3 Å². The highest BCUT2D eigenvalue weighted by Crippen LogP contribution is 2.24. The molecule has 1 aliphatic rings. The van der Waals surface area contributed by atoms with Crippen molar-refractivity contribution in [2.45, 2.75) is 42.4 Å². The van der Waals surface area contributed by atoms with Gasteiger partial charge in [-0.2, -0.15) is 0 Å². The molecule has 2 aromatic carbocycles. The molecule has 12 heteroatoms. The van der Waals surface area contributed by atoms with Gasteiger partial charge < -0.3 is 20.5 Å². The number of rotatable bonds is 8.